The van der Waals surface area contributed by atoms with Gasteiger partial charge in [-0.2, -0.15) is 0 Å². The molecule has 0 aliphatic carbocycles. The third-order valence-corrected chi connectivity index (χ3v) is 5.88. The minimum atomic E-state index is -0.272. The highest BCUT2D eigenvalue weighted by molar-refractivity contribution is 5.82. The second-order valence-corrected chi connectivity index (χ2v) is 8.35. The molecule has 0 saturated heterocycles. The SMILES string of the molecule is CCCn1c(=O)c2[nH]c(-c3ccc(OCc4nc5ccccc5[nH]4)cc3)cc2n(CCC)c1=O. The minimum Gasteiger partial charge on any atom is -0.486 e. The fourth-order valence-corrected chi connectivity index (χ4v) is 4.26. The number of hydrogen-bond donors (Lipinski definition) is 2. The average molecular weight is 458 g/mol. The molecule has 2 N–H and O–H groups in total. The van der Waals surface area contributed by atoms with Crippen LogP contribution in [0, 0.1) is 0 Å². The van der Waals surface area contributed by atoms with E-state index in [-0.39, 0.29) is 11.2 Å². The van der Waals surface area contributed by atoms with Gasteiger partial charge in [-0.1, -0.05) is 26.0 Å². The first-order chi connectivity index (χ1) is 16.6. The third-order valence-electron chi connectivity index (χ3n) is 5.88. The van der Waals surface area contributed by atoms with Gasteiger partial charge in [0.2, 0.25) is 0 Å². The summed E-state index contributed by atoms with van der Waals surface area (Å²) in [6, 6.07) is 17.4. The summed E-state index contributed by atoms with van der Waals surface area (Å²) in [5.41, 5.74) is 4.17. The Morgan fingerprint density at radius 1 is 0.912 bits per heavy atom. The Labute approximate surface area is 195 Å². The van der Waals surface area contributed by atoms with Gasteiger partial charge in [-0.3, -0.25) is 13.9 Å². The smallest absolute Gasteiger partial charge is 0.331 e. The van der Waals surface area contributed by atoms with E-state index >= 15 is 0 Å². The number of rotatable bonds is 8. The molecule has 0 aliphatic rings. The Morgan fingerprint density at radius 3 is 2.38 bits per heavy atom. The lowest BCUT2D eigenvalue weighted by Crippen LogP contribution is -2.39. The van der Waals surface area contributed by atoms with Crippen LogP contribution in [-0.4, -0.2) is 24.1 Å². The first kappa shape index (κ1) is 21.8. The number of imidazole rings is 1. The molecule has 5 aromatic rings. The maximum absolute atomic E-state index is 13.0. The Bertz CT molecular complexity index is 1540. The van der Waals surface area contributed by atoms with Gasteiger partial charge in [0.15, 0.2) is 0 Å². The molecule has 0 unspecified atom stereocenters. The van der Waals surface area contributed by atoms with Gasteiger partial charge < -0.3 is 14.7 Å². The Kier molecular flexibility index (Phi) is 5.79. The van der Waals surface area contributed by atoms with Crippen LogP contribution in [0.5, 0.6) is 5.75 Å². The lowest BCUT2D eigenvalue weighted by Gasteiger charge is -2.10. The second-order valence-electron chi connectivity index (χ2n) is 8.35. The van der Waals surface area contributed by atoms with Gasteiger partial charge in [0, 0.05) is 18.8 Å². The number of ether oxygens (including phenoxy) is 1. The zero-order chi connectivity index (χ0) is 23.7. The molecule has 0 amide bonds. The molecule has 0 bridgehead atoms. The van der Waals surface area contributed by atoms with Crippen molar-refractivity contribution in [1.29, 1.82) is 0 Å². The maximum Gasteiger partial charge on any atom is 0.331 e. The summed E-state index contributed by atoms with van der Waals surface area (Å²) in [5, 5.41) is 0. The van der Waals surface area contributed by atoms with Crippen molar-refractivity contribution in [2.75, 3.05) is 0 Å². The van der Waals surface area contributed by atoms with Crippen molar-refractivity contribution in [3.63, 3.8) is 0 Å². The predicted octanol–water partition coefficient (Wildman–Crippen LogP) is 4.43. The van der Waals surface area contributed by atoms with Gasteiger partial charge in [-0.15, -0.1) is 0 Å². The van der Waals surface area contributed by atoms with E-state index in [0.717, 1.165) is 41.0 Å². The van der Waals surface area contributed by atoms with Crippen LogP contribution in [0.3, 0.4) is 0 Å². The van der Waals surface area contributed by atoms with Crippen LogP contribution in [0.4, 0.5) is 0 Å². The van der Waals surface area contributed by atoms with Crippen LogP contribution in [0.2, 0.25) is 0 Å². The number of para-hydroxylation sites is 2. The molecular weight excluding hydrogens is 430 g/mol. The maximum atomic E-state index is 13.0. The summed E-state index contributed by atoms with van der Waals surface area (Å²) in [6.07, 6.45) is 1.52. The van der Waals surface area contributed by atoms with Gasteiger partial charge in [-0.05, 0) is 60.9 Å². The van der Waals surface area contributed by atoms with E-state index in [9.17, 15) is 9.59 Å². The number of nitrogens with zero attached hydrogens (tertiary/aromatic N) is 3. The summed E-state index contributed by atoms with van der Waals surface area (Å²) in [7, 11) is 0. The molecule has 8 nitrogen and oxygen atoms in total. The summed E-state index contributed by atoms with van der Waals surface area (Å²) in [6.45, 7) is 5.28. The van der Waals surface area contributed by atoms with Gasteiger partial charge in [0.05, 0.1) is 16.6 Å². The van der Waals surface area contributed by atoms with Crippen molar-refractivity contribution < 1.29 is 4.74 Å². The zero-order valence-corrected chi connectivity index (χ0v) is 19.3. The van der Waals surface area contributed by atoms with E-state index in [1.54, 1.807) is 4.57 Å². The molecule has 0 radical (unpaired) electrons. The second kappa shape index (κ2) is 9.05. The lowest BCUT2D eigenvalue weighted by atomic mass is 10.1. The van der Waals surface area contributed by atoms with Crippen LogP contribution in [-0.2, 0) is 19.7 Å². The van der Waals surface area contributed by atoms with Crippen LogP contribution in [0.1, 0.15) is 32.5 Å². The van der Waals surface area contributed by atoms with Gasteiger partial charge in [-0.25, -0.2) is 9.78 Å². The van der Waals surface area contributed by atoms with Gasteiger partial charge in [0.25, 0.3) is 5.56 Å². The molecule has 3 aromatic heterocycles. The summed E-state index contributed by atoms with van der Waals surface area (Å²) in [5.74, 6) is 1.48. The van der Waals surface area contributed by atoms with Crippen molar-refractivity contribution in [2.24, 2.45) is 0 Å². The highest BCUT2D eigenvalue weighted by Gasteiger charge is 2.16. The van der Waals surface area contributed by atoms with Gasteiger partial charge >= 0.3 is 5.69 Å². The third kappa shape index (κ3) is 3.91. The molecule has 0 atom stereocenters. The molecule has 8 heteroatoms. The van der Waals surface area contributed by atoms with E-state index < -0.39 is 0 Å². The number of aromatic amines is 2. The highest BCUT2D eigenvalue weighted by atomic mass is 16.5. The first-order valence-corrected chi connectivity index (χ1v) is 11.6. The normalized spacial score (nSPS) is 11.5. The molecule has 5 rings (SSSR count). The summed E-state index contributed by atoms with van der Waals surface area (Å²) in [4.78, 5) is 36.9. The van der Waals surface area contributed by atoms with Crippen LogP contribution in [0.15, 0.2) is 64.2 Å². The molecule has 0 spiro atoms. The predicted molar refractivity (Wildman–Crippen MR) is 133 cm³/mol. The molecule has 2 aromatic carbocycles. The molecule has 3 heterocycles. The summed E-state index contributed by atoms with van der Waals surface area (Å²) < 4.78 is 8.92. The first-order valence-electron chi connectivity index (χ1n) is 11.6. The number of aromatic nitrogens is 5. The number of benzene rings is 2. The van der Waals surface area contributed by atoms with E-state index in [1.807, 2.05) is 68.4 Å². The fourth-order valence-electron chi connectivity index (χ4n) is 4.26. The van der Waals surface area contributed by atoms with Crippen LogP contribution >= 0.6 is 0 Å². The van der Waals surface area contributed by atoms with E-state index in [1.165, 1.54) is 4.57 Å². The van der Waals surface area contributed by atoms with E-state index in [0.29, 0.717) is 36.5 Å². The zero-order valence-electron chi connectivity index (χ0n) is 19.3. The Morgan fingerprint density at radius 2 is 1.65 bits per heavy atom. The van der Waals surface area contributed by atoms with Crippen molar-refractivity contribution >= 4 is 22.1 Å². The number of hydrogen-bond acceptors (Lipinski definition) is 4. The molecular formula is C26H27N5O3. The van der Waals surface area contributed by atoms with Crippen molar-refractivity contribution in [1.82, 2.24) is 24.1 Å². The fraction of sp³-hybridized carbons (Fsp3) is 0.269. The number of H-pyrrole nitrogens is 2. The van der Waals surface area contributed by atoms with Gasteiger partial charge in [0.1, 0.15) is 23.7 Å². The van der Waals surface area contributed by atoms with Crippen molar-refractivity contribution in [3.05, 3.63) is 81.3 Å². The molecule has 0 fully saturated rings. The quantitative estimate of drug-likeness (QED) is 0.360. The highest BCUT2D eigenvalue weighted by Crippen LogP contribution is 2.25. The minimum absolute atomic E-state index is 0.249. The molecule has 174 valence electrons. The number of fused-ring (bicyclic) bond motifs is 2. The lowest BCUT2D eigenvalue weighted by molar-refractivity contribution is 0.297. The molecule has 34 heavy (non-hydrogen) atoms. The Balaban J connectivity index is 1.42. The number of nitrogens with one attached hydrogen (secondary N) is 2. The van der Waals surface area contributed by atoms with Crippen LogP contribution < -0.4 is 16.0 Å². The van der Waals surface area contributed by atoms with Crippen molar-refractivity contribution in [3.8, 4) is 17.0 Å². The van der Waals surface area contributed by atoms with E-state index in [2.05, 4.69) is 15.0 Å². The standard InChI is InChI=1S/C26H27N5O3/c1-3-13-30-22-15-21(29-24(22)25(32)31(14-4-2)26(30)33)17-9-11-18(12-10-17)34-16-23-27-19-7-5-6-8-20(19)28-23/h5-12,15,29H,3-4,13-14,16H2,1-2H3,(H,27,28). The van der Waals surface area contributed by atoms with E-state index in [4.69, 9.17) is 4.74 Å². The molecule has 0 saturated carbocycles. The Hall–Kier alpha value is -4.07. The largest absolute Gasteiger partial charge is 0.486 e. The summed E-state index contributed by atoms with van der Waals surface area (Å²) >= 11 is 0. The average Bonchev–Trinajstić information content (AvgIpc) is 3.48. The number of aryl methyl sites for hydroxylation is 1. The molecule has 0 aliphatic heterocycles. The monoisotopic (exact) mass is 457 g/mol. The van der Waals surface area contributed by atoms with Crippen LogP contribution in [0.25, 0.3) is 33.3 Å². The van der Waals surface area contributed by atoms with Crippen molar-refractivity contribution in [2.45, 2.75) is 46.4 Å². The topological polar surface area (TPSA) is 97.7 Å².